The van der Waals surface area contributed by atoms with E-state index in [1.807, 2.05) is 0 Å². The first-order chi connectivity index (χ1) is 10.1. The summed E-state index contributed by atoms with van der Waals surface area (Å²) in [6.45, 7) is -2.97. The summed E-state index contributed by atoms with van der Waals surface area (Å²) in [5.41, 5.74) is 0.183. The smallest absolute Gasteiger partial charge is 0.387 e. The average molecular weight is 294 g/mol. The lowest BCUT2D eigenvalue weighted by Crippen LogP contribution is -2.15. The average Bonchev–Trinajstić information content (AvgIpc) is 2.49. The van der Waals surface area contributed by atoms with Crippen LogP contribution in [0.5, 0.6) is 5.75 Å². The molecule has 2 rings (SSSR count). The Morgan fingerprint density at radius 3 is 2.62 bits per heavy atom. The molecule has 0 saturated carbocycles. The van der Waals surface area contributed by atoms with E-state index in [9.17, 15) is 13.6 Å². The molecule has 21 heavy (non-hydrogen) atoms. The van der Waals surface area contributed by atoms with Crippen LogP contribution in [0.3, 0.4) is 0 Å². The maximum atomic E-state index is 12.3. The summed E-state index contributed by atoms with van der Waals surface area (Å²) in [4.78, 5) is 19.8. The van der Waals surface area contributed by atoms with Crippen molar-refractivity contribution in [1.82, 2.24) is 9.97 Å². The molecule has 1 amide bonds. The Labute approximate surface area is 119 Å². The third-order valence-corrected chi connectivity index (χ3v) is 2.49. The summed E-state index contributed by atoms with van der Waals surface area (Å²) in [5, 5.41) is 5.21. The number of nitrogens with one attached hydrogen (secondary N) is 2. The van der Waals surface area contributed by atoms with Gasteiger partial charge in [-0.3, -0.25) is 4.79 Å². The van der Waals surface area contributed by atoms with E-state index in [-0.39, 0.29) is 17.1 Å². The predicted molar refractivity (Wildman–Crippen MR) is 72.6 cm³/mol. The second-order valence-electron chi connectivity index (χ2n) is 3.87. The number of carbonyl (C=O) groups is 1. The molecule has 8 heteroatoms. The van der Waals surface area contributed by atoms with E-state index in [1.54, 1.807) is 13.1 Å². The van der Waals surface area contributed by atoms with E-state index in [1.165, 1.54) is 30.6 Å². The van der Waals surface area contributed by atoms with Gasteiger partial charge in [0.2, 0.25) is 0 Å². The summed E-state index contributed by atoms with van der Waals surface area (Å²) in [7, 11) is 1.67. The highest BCUT2D eigenvalue weighted by atomic mass is 19.3. The molecule has 0 aliphatic carbocycles. The minimum absolute atomic E-state index is 0.0563. The lowest BCUT2D eigenvalue weighted by Gasteiger charge is -2.11. The lowest BCUT2D eigenvalue weighted by molar-refractivity contribution is -0.0493. The van der Waals surface area contributed by atoms with Crippen LogP contribution in [0.4, 0.5) is 20.3 Å². The van der Waals surface area contributed by atoms with Gasteiger partial charge in [-0.05, 0) is 12.1 Å². The Kier molecular flexibility index (Phi) is 4.60. The van der Waals surface area contributed by atoms with Gasteiger partial charge in [0, 0.05) is 7.05 Å². The molecular formula is C13H12F2N4O2. The second kappa shape index (κ2) is 6.60. The number of carbonyl (C=O) groups excluding carboxylic acids is 1. The second-order valence-corrected chi connectivity index (χ2v) is 3.87. The van der Waals surface area contributed by atoms with Crippen LogP contribution in [-0.4, -0.2) is 29.5 Å². The Bertz CT molecular complexity index is 620. The quantitative estimate of drug-likeness (QED) is 0.885. The molecule has 0 radical (unpaired) electrons. The molecule has 1 aromatic heterocycles. The number of alkyl halides is 2. The maximum Gasteiger partial charge on any atom is 0.387 e. The zero-order valence-corrected chi connectivity index (χ0v) is 11.0. The number of nitrogens with zero attached hydrogens (tertiary/aromatic N) is 2. The molecule has 2 N–H and O–H groups in total. The number of benzene rings is 1. The topological polar surface area (TPSA) is 76.1 Å². The molecule has 0 aliphatic heterocycles. The molecule has 0 aliphatic rings. The van der Waals surface area contributed by atoms with E-state index in [4.69, 9.17) is 0 Å². The van der Waals surface area contributed by atoms with Gasteiger partial charge in [-0.2, -0.15) is 8.78 Å². The van der Waals surface area contributed by atoms with Crippen LogP contribution in [0, 0.1) is 0 Å². The first kappa shape index (κ1) is 14.6. The van der Waals surface area contributed by atoms with Gasteiger partial charge in [0.1, 0.15) is 17.3 Å². The number of aromatic nitrogens is 2. The SMILES string of the molecule is CNc1cnc(C(=O)Nc2ccccc2OC(F)F)cn1. The molecule has 0 unspecified atom stereocenters. The molecule has 0 atom stereocenters. The Morgan fingerprint density at radius 2 is 2.00 bits per heavy atom. The van der Waals surface area contributed by atoms with E-state index in [2.05, 4.69) is 25.3 Å². The van der Waals surface area contributed by atoms with Crippen molar-refractivity contribution in [2.75, 3.05) is 17.7 Å². The third kappa shape index (κ3) is 3.85. The summed E-state index contributed by atoms with van der Waals surface area (Å²) in [5.74, 6) is -0.191. The van der Waals surface area contributed by atoms with Gasteiger partial charge in [0.15, 0.2) is 0 Å². The van der Waals surface area contributed by atoms with E-state index in [0.29, 0.717) is 5.82 Å². The van der Waals surface area contributed by atoms with Gasteiger partial charge in [-0.15, -0.1) is 0 Å². The van der Waals surface area contributed by atoms with Crippen LogP contribution in [0.1, 0.15) is 10.5 Å². The van der Waals surface area contributed by atoms with Gasteiger partial charge < -0.3 is 15.4 Å². The minimum Gasteiger partial charge on any atom is -0.433 e. The van der Waals surface area contributed by atoms with E-state index < -0.39 is 12.5 Å². The fourth-order valence-corrected chi connectivity index (χ4v) is 1.53. The minimum atomic E-state index is -2.97. The van der Waals surface area contributed by atoms with Crippen LogP contribution < -0.4 is 15.4 Å². The molecule has 2 aromatic rings. The van der Waals surface area contributed by atoms with Crippen LogP contribution in [-0.2, 0) is 0 Å². The summed E-state index contributed by atoms with van der Waals surface area (Å²) >= 11 is 0. The number of hydrogen-bond donors (Lipinski definition) is 2. The van der Waals surface area contributed by atoms with Crippen molar-refractivity contribution >= 4 is 17.4 Å². The first-order valence-electron chi connectivity index (χ1n) is 5.95. The summed E-state index contributed by atoms with van der Waals surface area (Å²) in [6, 6.07) is 5.89. The highest BCUT2D eigenvalue weighted by Crippen LogP contribution is 2.25. The highest BCUT2D eigenvalue weighted by Gasteiger charge is 2.13. The van der Waals surface area contributed by atoms with E-state index in [0.717, 1.165) is 0 Å². The molecule has 0 saturated heterocycles. The molecular weight excluding hydrogens is 282 g/mol. The fourth-order valence-electron chi connectivity index (χ4n) is 1.53. The maximum absolute atomic E-state index is 12.3. The summed E-state index contributed by atoms with van der Waals surface area (Å²) < 4.78 is 28.9. The van der Waals surface area contributed by atoms with Gasteiger partial charge in [0.05, 0.1) is 18.1 Å². The molecule has 1 aromatic carbocycles. The van der Waals surface area contributed by atoms with Crippen molar-refractivity contribution in [3.63, 3.8) is 0 Å². The van der Waals surface area contributed by atoms with E-state index >= 15 is 0 Å². The molecule has 1 heterocycles. The van der Waals surface area contributed by atoms with Crippen LogP contribution >= 0.6 is 0 Å². The number of amides is 1. The largest absolute Gasteiger partial charge is 0.433 e. The Morgan fingerprint density at radius 1 is 1.24 bits per heavy atom. The van der Waals surface area contributed by atoms with Gasteiger partial charge >= 0.3 is 6.61 Å². The molecule has 0 bridgehead atoms. The number of halogens is 2. The monoisotopic (exact) mass is 294 g/mol. The number of ether oxygens (including phenoxy) is 1. The Balaban J connectivity index is 2.15. The molecule has 0 spiro atoms. The van der Waals surface area contributed by atoms with Crippen molar-refractivity contribution in [3.05, 3.63) is 42.4 Å². The number of rotatable bonds is 5. The number of anilines is 2. The Hall–Kier alpha value is -2.77. The number of para-hydroxylation sites is 2. The predicted octanol–water partition coefficient (Wildman–Crippen LogP) is 2.37. The van der Waals surface area contributed by atoms with Crippen LogP contribution in [0.2, 0.25) is 0 Å². The highest BCUT2D eigenvalue weighted by molar-refractivity contribution is 6.03. The summed E-state index contributed by atoms with van der Waals surface area (Å²) in [6.07, 6.45) is 2.66. The van der Waals surface area contributed by atoms with Crippen molar-refractivity contribution < 1.29 is 18.3 Å². The number of hydrogen-bond acceptors (Lipinski definition) is 5. The van der Waals surface area contributed by atoms with Crippen molar-refractivity contribution in [2.24, 2.45) is 0 Å². The third-order valence-electron chi connectivity index (χ3n) is 2.49. The van der Waals surface area contributed by atoms with Crippen LogP contribution in [0.25, 0.3) is 0 Å². The first-order valence-corrected chi connectivity index (χ1v) is 5.95. The lowest BCUT2D eigenvalue weighted by atomic mass is 10.3. The fraction of sp³-hybridized carbons (Fsp3) is 0.154. The molecule has 0 fully saturated rings. The zero-order chi connectivity index (χ0) is 15.2. The zero-order valence-electron chi connectivity index (χ0n) is 11.0. The van der Waals surface area contributed by atoms with Crippen molar-refractivity contribution in [3.8, 4) is 5.75 Å². The molecule has 6 nitrogen and oxygen atoms in total. The van der Waals surface area contributed by atoms with Crippen molar-refractivity contribution in [2.45, 2.75) is 6.61 Å². The van der Waals surface area contributed by atoms with Crippen LogP contribution in [0.15, 0.2) is 36.7 Å². The van der Waals surface area contributed by atoms with Crippen molar-refractivity contribution in [1.29, 1.82) is 0 Å². The molecule has 110 valence electrons. The standard InChI is InChI=1S/C13H12F2N4O2/c1-16-11-7-17-9(6-18-11)12(20)19-8-4-2-3-5-10(8)21-13(14)15/h2-7,13H,1H3,(H,16,18)(H,19,20). The normalized spacial score (nSPS) is 10.3. The van der Waals surface area contributed by atoms with Gasteiger partial charge in [-0.25, -0.2) is 9.97 Å². The van der Waals surface area contributed by atoms with Gasteiger partial charge in [0.25, 0.3) is 5.91 Å². The van der Waals surface area contributed by atoms with Gasteiger partial charge in [-0.1, -0.05) is 12.1 Å².